The van der Waals surface area contributed by atoms with E-state index in [9.17, 15) is 4.79 Å². The van der Waals surface area contributed by atoms with Crippen molar-refractivity contribution >= 4 is 5.97 Å². The second-order valence-electron chi connectivity index (χ2n) is 6.17. The van der Waals surface area contributed by atoms with Gasteiger partial charge in [-0.3, -0.25) is 4.98 Å². The number of pyridine rings is 1. The van der Waals surface area contributed by atoms with Crippen molar-refractivity contribution in [1.82, 2.24) is 9.97 Å². The van der Waals surface area contributed by atoms with Gasteiger partial charge in [-0.1, -0.05) is 24.3 Å². The summed E-state index contributed by atoms with van der Waals surface area (Å²) < 4.78 is 11.5. The van der Waals surface area contributed by atoms with Gasteiger partial charge in [0.2, 0.25) is 5.89 Å². The van der Waals surface area contributed by atoms with Crippen molar-refractivity contribution in [2.24, 2.45) is 0 Å². The monoisotopic (exact) mass is 334 g/mol. The molecule has 0 saturated heterocycles. The molecule has 1 aliphatic rings. The van der Waals surface area contributed by atoms with Gasteiger partial charge in [0.05, 0.1) is 5.69 Å². The van der Waals surface area contributed by atoms with Crippen LogP contribution in [0.25, 0.3) is 11.5 Å². The second kappa shape index (κ2) is 6.51. The molecule has 5 heteroatoms. The molecule has 5 nitrogen and oxygen atoms in total. The molecule has 0 unspecified atom stereocenters. The molecule has 126 valence electrons. The van der Waals surface area contributed by atoms with E-state index in [1.54, 1.807) is 13.1 Å². The number of aromatic nitrogens is 2. The number of rotatable bonds is 5. The Labute approximate surface area is 145 Å². The molecule has 1 aromatic carbocycles. The first-order chi connectivity index (χ1) is 12.2. The topological polar surface area (TPSA) is 65.2 Å². The van der Waals surface area contributed by atoms with Crippen LogP contribution in [0.5, 0.6) is 0 Å². The van der Waals surface area contributed by atoms with Gasteiger partial charge in [0.1, 0.15) is 11.9 Å². The molecule has 4 rings (SSSR count). The number of benzene rings is 1. The highest BCUT2D eigenvalue weighted by atomic mass is 16.5. The number of oxazole rings is 1. The number of carbonyl (C=O) groups excluding carboxylic acids is 1. The van der Waals surface area contributed by atoms with Gasteiger partial charge in [-0.05, 0) is 44.0 Å². The first kappa shape index (κ1) is 15.6. The summed E-state index contributed by atoms with van der Waals surface area (Å²) in [6, 6.07) is 15.1. The Morgan fingerprint density at radius 2 is 1.92 bits per heavy atom. The van der Waals surface area contributed by atoms with Gasteiger partial charge in [-0.25, -0.2) is 9.78 Å². The van der Waals surface area contributed by atoms with E-state index < -0.39 is 12.1 Å². The van der Waals surface area contributed by atoms with Gasteiger partial charge in [-0.15, -0.1) is 0 Å². The van der Waals surface area contributed by atoms with Crippen LogP contribution in [0, 0.1) is 0 Å². The minimum Gasteiger partial charge on any atom is -0.451 e. The van der Waals surface area contributed by atoms with Gasteiger partial charge in [0.15, 0.2) is 5.69 Å². The summed E-state index contributed by atoms with van der Waals surface area (Å²) in [5, 5.41) is 0. The first-order valence-electron chi connectivity index (χ1n) is 8.40. The molecular weight excluding hydrogens is 316 g/mol. The molecule has 0 N–H and O–H groups in total. The summed E-state index contributed by atoms with van der Waals surface area (Å²) in [5.41, 5.74) is 1.83. The maximum absolute atomic E-state index is 12.7. The van der Waals surface area contributed by atoms with E-state index in [2.05, 4.69) is 9.97 Å². The molecule has 0 spiro atoms. The third kappa shape index (κ3) is 3.31. The Kier molecular flexibility index (Phi) is 4.06. The van der Waals surface area contributed by atoms with Gasteiger partial charge < -0.3 is 9.15 Å². The summed E-state index contributed by atoms with van der Waals surface area (Å²) in [5.74, 6) is 0.890. The lowest BCUT2D eigenvalue weighted by Crippen LogP contribution is -2.12. The maximum Gasteiger partial charge on any atom is 0.361 e. The van der Waals surface area contributed by atoms with E-state index in [1.807, 2.05) is 48.5 Å². The number of esters is 1. The van der Waals surface area contributed by atoms with Crippen molar-refractivity contribution in [2.45, 2.75) is 31.8 Å². The van der Waals surface area contributed by atoms with Crippen LogP contribution in [0.2, 0.25) is 0 Å². The van der Waals surface area contributed by atoms with Crippen LogP contribution < -0.4 is 0 Å². The van der Waals surface area contributed by atoms with E-state index >= 15 is 0 Å². The van der Waals surface area contributed by atoms with Gasteiger partial charge >= 0.3 is 5.97 Å². The van der Waals surface area contributed by atoms with Crippen molar-refractivity contribution in [3.63, 3.8) is 0 Å². The Morgan fingerprint density at radius 3 is 2.60 bits per heavy atom. The summed E-state index contributed by atoms with van der Waals surface area (Å²) in [6.07, 6.45) is 3.26. The molecule has 3 aromatic rings. The predicted octanol–water partition coefficient (Wildman–Crippen LogP) is 4.53. The van der Waals surface area contributed by atoms with Crippen LogP contribution in [-0.2, 0) is 4.74 Å². The smallest absolute Gasteiger partial charge is 0.361 e. The first-order valence-corrected chi connectivity index (χ1v) is 8.40. The molecular formula is C20H18N2O3. The fraction of sp³-hybridized carbons (Fsp3) is 0.250. The summed E-state index contributed by atoms with van der Waals surface area (Å²) in [7, 11) is 0. The maximum atomic E-state index is 12.7. The van der Waals surface area contributed by atoms with Crippen molar-refractivity contribution in [3.8, 4) is 11.5 Å². The fourth-order valence-electron chi connectivity index (χ4n) is 2.70. The Balaban J connectivity index is 1.60. The van der Waals surface area contributed by atoms with Crippen LogP contribution in [0.4, 0.5) is 0 Å². The largest absolute Gasteiger partial charge is 0.451 e. The average molecular weight is 334 g/mol. The Morgan fingerprint density at radius 1 is 1.16 bits per heavy atom. The molecule has 0 bridgehead atoms. The Hall–Kier alpha value is -2.95. The molecule has 2 aromatic heterocycles. The fourth-order valence-corrected chi connectivity index (χ4v) is 2.70. The molecule has 0 aliphatic heterocycles. The summed E-state index contributed by atoms with van der Waals surface area (Å²) in [6.45, 7) is 1.80. The predicted molar refractivity (Wildman–Crippen MR) is 92.0 cm³/mol. The highest BCUT2D eigenvalue weighted by molar-refractivity contribution is 5.89. The van der Waals surface area contributed by atoms with Crippen LogP contribution in [0.15, 0.2) is 59.1 Å². The van der Waals surface area contributed by atoms with Gasteiger partial charge in [-0.2, -0.15) is 0 Å². The van der Waals surface area contributed by atoms with Gasteiger partial charge in [0, 0.05) is 17.7 Å². The molecule has 0 radical (unpaired) electrons. The van der Waals surface area contributed by atoms with E-state index in [1.165, 1.54) is 0 Å². The molecule has 1 saturated carbocycles. The van der Waals surface area contributed by atoms with Crippen molar-refractivity contribution in [1.29, 1.82) is 0 Å². The van der Waals surface area contributed by atoms with Crippen LogP contribution in [0.1, 0.15) is 53.7 Å². The zero-order valence-electron chi connectivity index (χ0n) is 13.9. The number of hydrogen-bond donors (Lipinski definition) is 0. The molecule has 1 fully saturated rings. The SMILES string of the molecule is C[C@@H](OC(=O)c1nc(-c2ccccc2)oc1C1CC1)c1ccccn1. The number of carbonyl (C=O) groups is 1. The lowest BCUT2D eigenvalue weighted by Gasteiger charge is -2.11. The minimum absolute atomic E-state index is 0.262. The van der Waals surface area contributed by atoms with E-state index in [4.69, 9.17) is 9.15 Å². The molecule has 2 heterocycles. The van der Waals surface area contributed by atoms with Crippen LogP contribution >= 0.6 is 0 Å². The van der Waals surface area contributed by atoms with E-state index in [0.717, 1.165) is 18.4 Å². The van der Waals surface area contributed by atoms with E-state index in [0.29, 0.717) is 17.3 Å². The quantitative estimate of drug-likeness (QED) is 0.641. The zero-order chi connectivity index (χ0) is 17.2. The van der Waals surface area contributed by atoms with Crippen LogP contribution in [0.3, 0.4) is 0 Å². The zero-order valence-corrected chi connectivity index (χ0v) is 13.9. The van der Waals surface area contributed by atoms with Crippen molar-refractivity contribution in [3.05, 3.63) is 71.9 Å². The number of hydrogen-bond acceptors (Lipinski definition) is 5. The lowest BCUT2D eigenvalue weighted by molar-refractivity contribution is 0.0320. The molecule has 1 atom stereocenters. The second-order valence-corrected chi connectivity index (χ2v) is 6.17. The lowest BCUT2D eigenvalue weighted by atomic mass is 10.2. The number of ether oxygens (including phenoxy) is 1. The van der Waals surface area contributed by atoms with Crippen LogP contribution in [-0.4, -0.2) is 15.9 Å². The molecule has 0 amide bonds. The van der Waals surface area contributed by atoms with E-state index in [-0.39, 0.29) is 11.6 Å². The molecule has 25 heavy (non-hydrogen) atoms. The third-order valence-electron chi connectivity index (χ3n) is 4.20. The van der Waals surface area contributed by atoms with Crippen molar-refractivity contribution < 1.29 is 13.9 Å². The highest BCUT2D eigenvalue weighted by Crippen LogP contribution is 2.43. The third-order valence-corrected chi connectivity index (χ3v) is 4.20. The Bertz CT molecular complexity index is 870. The van der Waals surface area contributed by atoms with Gasteiger partial charge in [0.25, 0.3) is 0 Å². The highest BCUT2D eigenvalue weighted by Gasteiger charge is 2.35. The molecule has 1 aliphatic carbocycles. The summed E-state index contributed by atoms with van der Waals surface area (Å²) >= 11 is 0. The normalized spacial score (nSPS) is 14.9. The minimum atomic E-state index is -0.467. The summed E-state index contributed by atoms with van der Waals surface area (Å²) in [4.78, 5) is 21.3. The van der Waals surface area contributed by atoms with Crippen molar-refractivity contribution in [2.75, 3.05) is 0 Å². The number of nitrogens with zero attached hydrogens (tertiary/aromatic N) is 2. The average Bonchev–Trinajstić information content (AvgIpc) is 3.41. The standard InChI is InChI=1S/C20H18N2O3/c1-13(16-9-5-6-12-21-16)24-20(23)17-18(14-10-11-14)25-19(22-17)15-7-3-2-4-8-15/h2-9,12-14H,10-11H2,1H3/t13-/m1/s1.